The van der Waals surface area contributed by atoms with Gasteiger partial charge in [0.2, 0.25) is 5.91 Å². The summed E-state index contributed by atoms with van der Waals surface area (Å²) in [5.74, 6) is 1.34. The second kappa shape index (κ2) is 5.55. The number of rotatable bonds is 2. The van der Waals surface area contributed by atoms with Gasteiger partial charge < -0.3 is 10.2 Å². The molecule has 0 saturated carbocycles. The summed E-state index contributed by atoms with van der Waals surface area (Å²) < 4.78 is 1.72. The van der Waals surface area contributed by atoms with Crippen LogP contribution in [0.1, 0.15) is 6.92 Å². The van der Waals surface area contributed by atoms with Crippen molar-refractivity contribution in [2.45, 2.75) is 13.0 Å². The first kappa shape index (κ1) is 14.6. The lowest BCUT2D eigenvalue weighted by atomic mass is 10.2. The zero-order chi connectivity index (χ0) is 16.7. The third-order valence-electron chi connectivity index (χ3n) is 4.28. The van der Waals surface area contributed by atoms with Gasteiger partial charge in [0.25, 0.3) is 0 Å². The maximum Gasteiger partial charge on any atom is 0.242 e. The third kappa shape index (κ3) is 2.27. The fourth-order valence-electron chi connectivity index (χ4n) is 2.93. The highest BCUT2D eigenvalue weighted by molar-refractivity contribution is 5.93. The number of nitrogens with one attached hydrogen (secondary N) is 1. The number of carbonyl (C=O) groups excluding carboxylic acids is 1. The Kier molecular flexibility index (Phi) is 3.37. The Morgan fingerprint density at radius 2 is 2.04 bits per heavy atom. The number of nitrogens with zero attached hydrogens (tertiary/aromatic N) is 6. The number of fused-ring (bicyclic) bond motifs is 1. The van der Waals surface area contributed by atoms with E-state index in [1.165, 1.54) is 0 Å². The van der Waals surface area contributed by atoms with Crippen molar-refractivity contribution in [2.24, 2.45) is 7.05 Å². The Hall–Kier alpha value is -3.03. The van der Waals surface area contributed by atoms with E-state index in [4.69, 9.17) is 4.98 Å². The summed E-state index contributed by atoms with van der Waals surface area (Å²) in [7, 11) is 1.85. The Bertz CT molecular complexity index is 905. The molecule has 24 heavy (non-hydrogen) atoms. The molecular weight excluding hydrogens is 306 g/mol. The molecule has 1 saturated heterocycles. The number of pyridine rings is 1. The molecule has 1 fully saturated rings. The van der Waals surface area contributed by atoms with Crippen molar-refractivity contribution in [1.29, 1.82) is 0 Å². The van der Waals surface area contributed by atoms with E-state index in [1.807, 2.05) is 31.0 Å². The molecule has 4 heterocycles. The second-order valence-electron chi connectivity index (χ2n) is 5.77. The Morgan fingerprint density at radius 3 is 2.83 bits per heavy atom. The van der Waals surface area contributed by atoms with Gasteiger partial charge in [-0.15, -0.1) is 0 Å². The van der Waals surface area contributed by atoms with Gasteiger partial charge in [-0.25, -0.2) is 9.97 Å². The third-order valence-corrected chi connectivity index (χ3v) is 4.28. The lowest BCUT2D eigenvalue weighted by Gasteiger charge is -2.34. The first-order chi connectivity index (χ1) is 11.6. The predicted octanol–water partition coefficient (Wildman–Crippen LogP) is 0.750. The van der Waals surface area contributed by atoms with Crippen molar-refractivity contribution in [3.05, 3.63) is 30.7 Å². The minimum absolute atomic E-state index is 0.00219. The highest BCUT2D eigenvalue weighted by Crippen LogP contribution is 2.28. The maximum atomic E-state index is 12.0. The normalized spacial score (nSPS) is 18.0. The smallest absolute Gasteiger partial charge is 0.242 e. The molecule has 0 radical (unpaired) electrons. The van der Waals surface area contributed by atoms with E-state index in [0.717, 1.165) is 22.4 Å². The minimum atomic E-state index is -0.289. The van der Waals surface area contributed by atoms with Crippen molar-refractivity contribution in [3.8, 4) is 11.4 Å². The van der Waals surface area contributed by atoms with Crippen molar-refractivity contribution in [1.82, 2.24) is 30.0 Å². The van der Waals surface area contributed by atoms with Crippen molar-refractivity contribution >= 4 is 22.8 Å². The van der Waals surface area contributed by atoms with Crippen LogP contribution in [-0.2, 0) is 11.8 Å². The zero-order valence-electron chi connectivity index (χ0n) is 13.5. The van der Waals surface area contributed by atoms with Gasteiger partial charge in [-0.1, -0.05) is 0 Å². The lowest BCUT2D eigenvalue weighted by molar-refractivity contribution is -0.122. The SMILES string of the molecule is C[C@H]1C(=O)NCCN1c1nc(-c2ccncc2)nc2c1cnn2C. The summed E-state index contributed by atoms with van der Waals surface area (Å²) in [6, 6.07) is 3.45. The topological polar surface area (TPSA) is 88.8 Å². The van der Waals surface area contributed by atoms with Crippen LogP contribution in [0.5, 0.6) is 0 Å². The summed E-state index contributed by atoms with van der Waals surface area (Å²) in [5, 5.41) is 8.03. The molecule has 1 aliphatic heterocycles. The summed E-state index contributed by atoms with van der Waals surface area (Å²) in [4.78, 5) is 27.5. The number of anilines is 1. The number of amides is 1. The van der Waals surface area contributed by atoms with Gasteiger partial charge >= 0.3 is 0 Å². The van der Waals surface area contributed by atoms with E-state index in [2.05, 4.69) is 20.4 Å². The van der Waals surface area contributed by atoms with Crippen LogP contribution in [0.2, 0.25) is 0 Å². The van der Waals surface area contributed by atoms with Crippen LogP contribution < -0.4 is 10.2 Å². The highest BCUT2D eigenvalue weighted by atomic mass is 16.2. The zero-order valence-corrected chi connectivity index (χ0v) is 13.5. The fraction of sp³-hybridized carbons (Fsp3) is 0.312. The molecule has 1 amide bonds. The van der Waals surface area contributed by atoms with Crippen LogP contribution in [0.3, 0.4) is 0 Å². The quantitative estimate of drug-likeness (QED) is 0.748. The molecule has 0 aliphatic carbocycles. The number of aryl methyl sites for hydroxylation is 1. The van der Waals surface area contributed by atoms with Crippen molar-refractivity contribution < 1.29 is 4.79 Å². The standard InChI is InChI=1S/C16H17N7O/c1-10-16(24)18-7-8-23(10)15-12-9-19-22(2)14(12)20-13(21-15)11-3-5-17-6-4-11/h3-6,9-10H,7-8H2,1-2H3,(H,18,24)/t10-/m0/s1. The molecule has 0 spiro atoms. The second-order valence-corrected chi connectivity index (χ2v) is 5.77. The molecule has 1 atom stereocenters. The Balaban J connectivity index is 1.92. The highest BCUT2D eigenvalue weighted by Gasteiger charge is 2.29. The summed E-state index contributed by atoms with van der Waals surface area (Å²) in [6.07, 6.45) is 5.17. The first-order valence-electron chi connectivity index (χ1n) is 7.79. The van der Waals surface area contributed by atoms with E-state index in [-0.39, 0.29) is 11.9 Å². The van der Waals surface area contributed by atoms with Crippen molar-refractivity contribution in [3.63, 3.8) is 0 Å². The minimum Gasteiger partial charge on any atom is -0.353 e. The van der Waals surface area contributed by atoms with E-state index >= 15 is 0 Å². The van der Waals surface area contributed by atoms with Gasteiger partial charge in [-0.05, 0) is 19.1 Å². The van der Waals surface area contributed by atoms with Gasteiger partial charge in [-0.3, -0.25) is 14.5 Å². The average molecular weight is 323 g/mol. The van der Waals surface area contributed by atoms with Gasteiger partial charge in [0.15, 0.2) is 11.5 Å². The molecule has 0 aromatic carbocycles. The molecule has 3 aromatic heterocycles. The molecule has 1 aliphatic rings. The summed E-state index contributed by atoms with van der Waals surface area (Å²) in [5.41, 5.74) is 1.62. The van der Waals surface area contributed by atoms with Gasteiger partial charge in [0.1, 0.15) is 11.9 Å². The number of aromatic nitrogens is 5. The first-order valence-corrected chi connectivity index (χ1v) is 7.79. The van der Waals surface area contributed by atoms with Crippen LogP contribution in [0.4, 0.5) is 5.82 Å². The van der Waals surface area contributed by atoms with E-state index in [9.17, 15) is 4.79 Å². The van der Waals surface area contributed by atoms with Crippen LogP contribution in [0, 0.1) is 0 Å². The van der Waals surface area contributed by atoms with Crippen LogP contribution >= 0.6 is 0 Å². The number of hydrogen-bond donors (Lipinski definition) is 1. The van der Waals surface area contributed by atoms with Crippen LogP contribution in [0.15, 0.2) is 30.7 Å². The lowest BCUT2D eigenvalue weighted by Crippen LogP contribution is -2.54. The molecular formula is C16H17N7O. The summed E-state index contributed by atoms with van der Waals surface area (Å²) >= 11 is 0. The molecule has 1 N–H and O–H groups in total. The summed E-state index contributed by atoms with van der Waals surface area (Å²) in [6.45, 7) is 3.17. The molecule has 8 heteroatoms. The number of piperazine rings is 1. The largest absolute Gasteiger partial charge is 0.353 e. The monoisotopic (exact) mass is 323 g/mol. The van der Waals surface area contributed by atoms with Gasteiger partial charge in [0.05, 0.1) is 11.6 Å². The van der Waals surface area contributed by atoms with Crippen LogP contribution in [0.25, 0.3) is 22.4 Å². The number of carbonyl (C=O) groups is 1. The molecule has 8 nitrogen and oxygen atoms in total. The average Bonchev–Trinajstić information content (AvgIpc) is 2.99. The van der Waals surface area contributed by atoms with Crippen LogP contribution in [-0.4, -0.2) is 49.8 Å². The number of hydrogen-bond acceptors (Lipinski definition) is 6. The van der Waals surface area contributed by atoms with E-state index < -0.39 is 0 Å². The molecule has 122 valence electrons. The maximum absolute atomic E-state index is 12.0. The molecule has 4 rings (SSSR count). The van der Waals surface area contributed by atoms with E-state index in [0.29, 0.717) is 18.9 Å². The Morgan fingerprint density at radius 1 is 1.25 bits per heavy atom. The fourth-order valence-corrected chi connectivity index (χ4v) is 2.93. The predicted molar refractivity (Wildman–Crippen MR) is 89.4 cm³/mol. The van der Waals surface area contributed by atoms with Gasteiger partial charge in [-0.2, -0.15) is 5.10 Å². The molecule has 3 aromatic rings. The van der Waals surface area contributed by atoms with Crippen molar-refractivity contribution in [2.75, 3.05) is 18.0 Å². The Labute approximate surface area is 138 Å². The van der Waals surface area contributed by atoms with Gasteiger partial charge in [0, 0.05) is 38.1 Å². The molecule has 0 bridgehead atoms. The molecule has 0 unspecified atom stereocenters. The van der Waals surface area contributed by atoms with E-state index in [1.54, 1.807) is 23.3 Å².